The van der Waals surface area contributed by atoms with Crippen molar-refractivity contribution in [2.45, 2.75) is 18.7 Å². The molecule has 3 rings (SSSR count). The maximum absolute atomic E-state index is 13.8. The summed E-state index contributed by atoms with van der Waals surface area (Å²) in [5, 5.41) is 5.65. The van der Waals surface area contributed by atoms with E-state index in [0.717, 1.165) is 4.31 Å². The van der Waals surface area contributed by atoms with Gasteiger partial charge in [-0.2, -0.15) is 0 Å². The van der Waals surface area contributed by atoms with Crippen molar-refractivity contribution in [1.29, 1.82) is 0 Å². The molecule has 3 aromatic rings. The van der Waals surface area contributed by atoms with Gasteiger partial charge in [0, 0.05) is 18.3 Å². The van der Waals surface area contributed by atoms with E-state index in [1.165, 1.54) is 38.3 Å². The number of ether oxygens (including phenoxy) is 1. The van der Waals surface area contributed by atoms with E-state index in [9.17, 15) is 18.0 Å². The van der Waals surface area contributed by atoms with Crippen molar-refractivity contribution in [3.05, 3.63) is 76.3 Å². The SMILES string of the molecule is COc1ccc(C)cc1S(=O)(=O)N(CC(=O)Nc1cccc(NC(C)=O)c1)c1ccc(Cl)c(Cl)c1. The van der Waals surface area contributed by atoms with Gasteiger partial charge in [0.25, 0.3) is 10.0 Å². The zero-order valence-electron chi connectivity index (χ0n) is 19.1. The Labute approximate surface area is 213 Å². The molecule has 0 saturated heterocycles. The predicted molar refractivity (Wildman–Crippen MR) is 138 cm³/mol. The molecule has 2 amide bonds. The van der Waals surface area contributed by atoms with Crippen LogP contribution in [-0.2, 0) is 19.6 Å². The van der Waals surface area contributed by atoms with Crippen molar-refractivity contribution in [3.63, 3.8) is 0 Å². The lowest BCUT2D eigenvalue weighted by Crippen LogP contribution is -2.38. The lowest BCUT2D eigenvalue weighted by atomic mass is 10.2. The summed E-state index contributed by atoms with van der Waals surface area (Å²) in [7, 11) is -2.91. The highest BCUT2D eigenvalue weighted by atomic mass is 35.5. The van der Waals surface area contributed by atoms with Gasteiger partial charge in [-0.1, -0.05) is 35.3 Å². The van der Waals surface area contributed by atoms with Crippen LogP contribution in [0.25, 0.3) is 0 Å². The number of nitrogens with one attached hydrogen (secondary N) is 2. The number of hydrogen-bond donors (Lipinski definition) is 2. The molecule has 0 bridgehead atoms. The number of hydrogen-bond acceptors (Lipinski definition) is 5. The summed E-state index contributed by atoms with van der Waals surface area (Å²) < 4.78 is 33.7. The molecule has 0 aliphatic rings. The second-order valence-corrected chi connectivity index (χ2v) is 10.2. The molecule has 0 aliphatic carbocycles. The summed E-state index contributed by atoms with van der Waals surface area (Å²) in [6.45, 7) is 2.54. The summed E-state index contributed by atoms with van der Waals surface area (Å²) in [6.07, 6.45) is 0. The first kappa shape index (κ1) is 26.3. The predicted octanol–water partition coefficient (Wildman–Crippen LogP) is 5.10. The monoisotopic (exact) mass is 535 g/mol. The molecule has 35 heavy (non-hydrogen) atoms. The maximum Gasteiger partial charge on any atom is 0.268 e. The molecule has 184 valence electrons. The third-order valence-corrected chi connectivity index (χ3v) is 7.37. The highest BCUT2D eigenvalue weighted by Gasteiger charge is 2.30. The van der Waals surface area contributed by atoms with Crippen molar-refractivity contribution >= 4 is 62.1 Å². The summed E-state index contributed by atoms with van der Waals surface area (Å²) in [5.41, 5.74) is 1.69. The molecule has 3 aromatic carbocycles. The van der Waals surface area contributed by atoms with Gasteiger partial charge >= 0.3 is 0 Å². The van der Waals surface area contributed by atoms with Crippen LogP contribution in [0.3, 0.4) is 0 Å². The minimum absolute atomic E-state index is 0.105. The second-order valence-electron chi connectivity index (χ2n) is 7.57. The van der Waals surface area contributed by atoms with Gasteiger partial charge in [-0.25, -0.2) is 8.42 Å². The molecule has 0 saturated carbocycles. The molecule has 0 aliphatic heterocycles. The van der Waals surface area contributed by atoms with Crippen LogP contribution in [0.5, 0.6) is 5.75 Å². The number of carbonyl (C=O) groups excluding carboxylic acids is 2. The molecule has 0 unspecified atom stereocenters. The number of carbonyl (C=O) groups is 2. The Balaban J connectivity index is 2.00. The van der Waals surface area contributed by atoms with E-state index in [-0.39, 0.29) is 32.3 Å². The van der Waals surface area contributed by atoms with Crippen molar-refractivity contribution in [1.82, 2.24) is 0 Å². The summed E-state index contributed by atoms with van der Waals surface area (Å²) in [6, 6.07) is 15.5. The Morgan fingerprint density at radius 2 is 1.63 bits per heavy atom. The fourth-order valence-electron chi connectivity index (χ4n) is 3.27. The molecule has 2 N–H and O–H groups in total. The summed E-state index contributed by atoms with van der Waals surface area (Å²) in [5.74, 6) is -0.757. The fourth-order valence-corrected chi connectivity index (χ4v) is 5.22. The van der Waals surface area contributed by atoms with E-state index >= 15 is 0 Å². The molecule has 0 fully saturated rings. The summed E-state index contributed by atoms with van der Waals surface area (Å²) in [4.78, 5) is 24.2. The van der Waals surface area contributed by atoms with Crippen molar-refractivity contribution in [3.8, 4) is 5.75 Å². The van der Waals surface area contributed by atoms with Crippen molar-refractivity contribution in [2.24, 2.45) is 0 Å². The zero-order chi connectivity index (χ0) is 25.8. The molecular formula is C24H23Cl2N3O5S. The first-order chi connectivity index (χ1) is 16.5. The standard InChI is InChI=1S/C24H23Cl2N3O5S/c1-15-7-10-22(34-3)23(11-15)35(32,33)29(19-8-9-20(25)21(26)13-19)14-24(31)28-18-6-4-5-17(12-18)27-16(2)30/h4-13H,14H2,1-3H3,(H,27,30)(H,28,31). The van der Waals surface area contributed by atoms with Crippen LogP contribution >= 0.6 is 23.2 Å². The number of methoxy groups -OCH3 is 1. The molecular weight excluding hydrogens is 513 g/mol. The fraction of sp³-hybridized carbons (Fsp3) is 0.167. The molecule has 0 spiro atoms. The van der Waals surface area contributed by atoms with E-state index in [2.05, 4.69) is 10.6 Å². The van der Waals surface area contributed by atoms with Gasteiger partial charge in [-0.3, -0.25) is 13.9 Å². The molecule has 8 nitrogen and oxygen atoms in total. The number of rotatable bonds is 8. The minimum atomic E-state index is -4.27. The first-order valence-electron chi connectivity index (χ1n) is 10.3. The Morgan fingerprint density at radius 3 is 2.26 bits per heavy atom. The largest absolute Gasteiger partial charge is 0.495 e. The number of amides is 2. The van der Waals surface area contributed by atoms with Crippen molar-refractivity contribution in [2.75, 3.05) is 28.6 Å². The van der Waals surface area contributed by atoms with Crippen LogP contribution in [0, 0.1) is 6.92 Å². The Bertz CT molecular complexity index is 1380. The smallest absolute Gasteiger partial charge is 0.268 e. The van der Waals surface area contributed by atoms with Crippen LogP contribution in [0.2, 0.25) is 10.0 Å². The zero-order valence-corrected chi connectivity index (χ0v) is 21.5. The van der Waals surface area contributed by atoms with Crippen LogP contribution in [-0.4, -0.2) is 33.9 Å². The third-order valence-electron chi connectivity index (χ3n) is 4.83. The van der Waals surface area contributed by atoms with E-state index < -0.39 is 22.5 Å². The van der Waals surface area contributed by atoms with Crippen molar-refractivity contribution < 1.29 is 22.7 Å². The average Bonchev–Trinajstić information content (AvgIpc) is 2.79. The Morgan fingerprint density at radius 1 is 0.943 bits per heavy atom. The Hall–Kier alpha value is -3.27. The summed E-state index contributed by atoms with van der Waals surface area (Å²) >= 11 is 12.2. The number of aryl methyl sites for hydroxylation is 1. The second kappa shape index (κ2) is 11.0. The number of anilines is 3. The van der Waals surface area contributed by atoms with Crippen LogP contribution in [0.1, 0.15) is 12.5 Å². The third kappa shape index (κ3) is 6.45. The van der Waals surface area contributed by atoms with Gasteiger partial charge in [-0.15, -0.1) is 0 Å². The van der Waals surface area contributed by atoms with Crippen LogP contribution in [0.4, 0.5) is 17.1 Å². The van der Waals surface area contributed by atoms with Gasteiger partial charge in [-0.05, 0) is 61.0 Å². The molecule has 0 heterocycles. The number of benzene rings is 3. The highest BCUT2D eigenvalue weighted by molar-refractivity contribution is 7.93. The van der Waals surface area contributed by atoms with Crippen LogP contribution in [0.15, 0.2) is 65.6 Å². The topological polar surface area (TPSA) is 105 Å². The van der Waals surface area contributed by atoms with Gasteiger partial charge in [0.15, 0.2) is 0 Å². The van der Waals surface area contributed by atoms with E-state index in [4.69, 9.17) is 27.9 Å². The van der Waals surface area contributed by atoms with Gasteiger partial charge in [0.2, 0.25) is 11.8 Å². The maximum atomic E-state index is 13.8. The van der Waals surface area contributed by atoms with E-state index in [1.54, 1.807) is 43.3 Å². The number of sulfonamides is 1. The molecule has 0 atom stereocenters. The van der Waals surface area contributed by atoms with E-state index in [1.807, 2.05) is 0 Å². The highest BCUT2D eigenvalue weighted by Crippen LogP contribution is 2.34. The van der Waals surface area contributed by atoms with E-state index in [0.29, 0.717) is 16.9 Å². The molecule has 0 radical (unpaired) electrons. The first-order valence-corrected chi connectivity index (χ1v) is 12.5. The van der Waals surface area contributed by atoms with Gasteiger partial charge < -0.3 is 15.4 Å². The lowest BCUT2D eigenvalue weighted by molar-refractivity contribution is -0.115. The van der Waals surface area contributed by atoms with Gasteiger partial charge in [0.05, 0.1) is 22.8 Å². The van der Waals surface area contributed by atoms with Crippen LogP contribution < -0.4 is 19.7 Å². The normalized spacial score (nSPS) is 11.0. The lowest BCUT2D eigenvalue weighted by Gasteiger charge is -2.25. The Kier molecular flexibility index (Phi) is 8.26. The van der Waals surface area contributed by atoms with Gasteiger partial charge in [0.1, 0.15) is 17.2 Å². The molecule has 0 aromatic heterocycles. The average molecular weight is 536 g/mol. The quantitative estimate of drug-likeness (QED) is 0.417. The number of nitrogens with zero attached hydrogens (tertiary/aromatic N) is 1. The minimum Gasteiger partial charge on any atom is -0.495 e. The number of halogens is 2. The molecule has 11 heteroatoms.